The van der Waals surface area contributed by atoms with Gasteiger partial charge in [0.15, 0.2) is 0 Å². The van der Waals surface area contributed by atoms with Crippen molar-refractivity contribution in [2.24, 2.45) is 0 Å². The molecule has 2 rings (SSSR count). The molecule has 17 heavy (non-hydrogen) atoms. The van der Waals surface area contributed by atoms with Gasteiger partial charge in [-0.15, -0.1) is 11.8 Å². The summed E-state index contributed by atoms with van der Waals surface area (Å²) in [4.78, 5) is 2.87. The second kappa shape index (κ2) is 5.71. The van der Waals surface area contributed by atoms with Crippen molar-refractivity contribution in [1.82, 2.24) is 4.90 Å². The summed E-state index contributed by atoms with van der Waals surface area (Å²) in [6, 6.07) is 4.80. The van der Waals surface area contributed by atoms with E-state index in [0.717, 1.165) is 25.4 Å². The second-order valence-corrected chi connectivity index (χ2v) is 5.32. The maximum atomic E-state index is 13.5. The smallest absolute Gasteiger partial charge is 0.138 e. The highest BCUT2D eigenvalue weighted by atomic mass is 32.2. The third-order valence-electron chi connectivity index (χ3n) is 2.72. The Hall–Kier alpha value is -0.780. The topological polar surface area (TPSA) is 38.5 Å². The molecule has 1 unspecified atom stereocenters. The molecule has 1 fully saturated rings. The predicted molar refractivity (Wildman–Crippen MR) is 68.8 cm³/mol. The lowest BCUT2D eigenvalue weighted by molar-refractivity contribution is -0.00598. The molecule has 0 radical (unpaired) electrons. The van der Waals surface area contributed by atoms with Crippen LogP contribution in [0.1, 0.15) is 0 Å². The number of morpholine rings is 1. The lowest BCUT2D eigenvalue weighted by Crippen LogP contribution is -2.41. The normalized spacial score (nSPS) is 21.6. The SMILES string of the molecule is CN1CCOC(CSc2ccc(N)cc2F)C1. The van der Waals surface area contributed by atoms with Crippen molar-refractivity contribution >= 4 is 17.4 Å². The van der Waals surface area contributed by atoms with Gasteiger partial charge in [-0.05, 0) is 25.2 Å². The van der Waals surface area contributed by atoms with Crippen LogP contribution in [-0.2, 0) is 4.74 Å². The quantitative estimate of drug-likeness (QED) is 0.661. The summed E-state index contributed by atoms with van der Waals surface area (Å²) in [7, 11) is 2.07. The van der Waals surface area contributed by atoms with Crippen LogP contribution in [0.4, 0.5) is 10.1 Å². The molecule has 5 heteroatoms. The van der Waals surface area contributed by atoms with Gasteiger partial charge in [-0.2, -0.15) is 0 Å². The van der Waals surface area contributed by atoms with Gasteiger partial charge in [-0.1, -0.05) is 0 Å². The van der Waals surface area contributed by atoms with Crippen LogP contribution >= 0.6 is 11.8 Å². The fourth-order valence-corrected chi connectivity index (χ4v) is 2.71. The second-order valence-electron chi connectivity index (χ2n) is 4.26. The summed E-state index contributed by atoms with van der Waals surface area (Å²) < 4.78 is 19.2. The Bertz CT molecular complexity index is 389. The maximum Gasteiger partial charge on any atom is 0.138 e. The van der Waals surface area contributed by atoms with Crippen LogP contribution in [0, 0.1) is 5.82 Å². The first-order chi connectivity index (χ1) is 8.15. The van der Waals surface area contributed by atoms with Crippen LogP contribution in [0.3, 0.4) is 0 Å². The van der Waals surface area contributed by atoms with E-state index < -0.39 is 0 Å². The number of ether oxygens (including phenoxy) is 1. The largest absolute Gasteiger partial charge is 0.399 e. The van der Waals surface area contributed by atoms with E-state index >= 15 is 0 Å². The van der Waals surface area contributed by atoms with E-state index in [1.807, 2.05) is 0 Å². The number of hydrogen-bond acceptors (Lipinski definition) is 4. The molecule has 0 aromatic heterocycles. The lowest BCUT2D eigenvalue weighted by atomic mass is 10.3. The molecule has 1 aliphatic heterocycles. The number of hydrogen-bond donors (Lipinski definition) is 1. The Morgan fingerprint density at radius 1 is 1.59 bits per heavy atom. The number of likely N-dealkylation sites (N-methyl/N-ethyl adjacent to an activating group) is 1. The van der Waals surface area contributed by atoms with E-state index in [-0.39, 0.29) is 11.9 Å². The number of nitrogen functional groups attached to an aromatic ring is 1. The Kier molecular flexibility index (Phi) is 4.25. The van der Waals surface area contributed by atoms with Gasteiger partial charge in [0.2, 0.25) is 0 Å². The molecule has 94 valence electrons. The number of rotatable bonds is 3. The minimum atomic E-state index is -0.251. The molecule has 2 N–H and O–H groups in total. The van der Waals surface area contributed by atoms with Gasteiger partial charge in [0.1, 0.15) is 5.82 Å². The van der Waals surface area contributed by atoms with Gasteiger partial charge in [0.25, 0.3) is 0 Å². The van der Waals surface area contributed by atoms with Gasteiger partial charge in [-0.25, -0.2) is 4.39 Å². The summed E-state index contributed by atoms with van der Waals surface area (Å²) in [6.07, 6.45) is 0.177. The first-order valence-electron chi connectivity index (χ1n) is 5.63. The average molecular weight is 256 g/mol. The van der Waals surface area contributed by atoms with Gasteiger partial charge in [0, 0.05) is 29.4 Å². The molecule has 0 bridgehead atoms. The minimum absolute atomic E-state index is 0.177. The first kappa shape index (κ1) is 12.7. The molecule has 1 aromatic carbocycles. The van der Waals surface area contributed by atoms with Crippen LogP contribution in [-0.4, -0.2) is 43.5 Å². The van der Waals surface area contributed by atoms with Gasteiger partial charge in [-0.3, -0.25) is 0 Å². The standard InChI is InChI=1S/C12H17FN2OS/c1-15-4-5-16-10(7-15)8-17-12-3-2-9(14)6-11(12)13/h2-3,6,10H,4-5,7-8,14H2,1H3. The number of nitrogens with zero attached hydrogens (tertiary/aromatic N) is 1. The van der Waals surface area contributed by atoms with Gasteiger partial charge < -0.3 is 15.4 Å². The monoisotopic (exact) mass is 256 g/mol. The van der Waals surface area contributed by atoms with E-state index in [0.29, 0.717) is 10.6 Å². The van der Waals surface area contributed by atoms with Crippen LogP contribution in [0.15, 0.2) is 23.1 Å². The highest BCUT2D eigenvalue weighted by Gasteiger charge is 2.18. The molecule has 1 atom stereocenters. The number of halogens is 1. The summed E-state index contributed by atoms with van der Waals surface area (Å²) in [5, 5.41) is 0. The summed E-state index contributed by atoms with van der Waals surface area (Å²) in [5.41, 5.74) is 5.96. The average Bonchev–Trinajstić information content (AvgIpc) is 2.28. The number of thioether (sulfide) groups is 1. The maximum absolute atomic E-state index is 13.5. The fraction of sp³-hybridized carbons (Fsp3) is 0.500. The third kappa shape index (κ3) is 3.59. The zero-order valence-corrected chi connectivity index (χ0v) is 10.7. The van der Waals surface area contributed by atoms with E-state index in [1.54, 1.807) is 12.1 Å². The molecule has 0 spiro atoms. The molecule has 1 heterocycles. The van der Waals surface area contributed by atoms with Crippen LogP contribution in [0.25, 0.3) is 0 Å². The molecule has 1 aromatic rings. The molecule has 0 aliphatic carbocycles. The summed E-state index contributed by atoms with van der Waals surface area (Å²) in [5.74, 6) is 0.518. The Balaban J connectivity index is 1.88. The third-order valence-corrected chi connectivity index (χ3v) is 3.90. The van der Waals surface area contributed by atoms with Crippen molar-refractivity contribution in [3.63, 3.8) is 0 Å². The van der Waals surface area contributed by atoms with Crippen molar-refractivity contribution in [2.75, 3.05) is 38.2 Å². The van der Waals surface area contributed by atoms with Crippen molar-refractivity contribution < 1.29 is 9.13 Å². The first-order valence-corrected chi connectivity index (χ1v) is 6.61. The van der Waals surface area contributed by atoms with E-state index in [4.69, 9.17) is 10.5 Å². The Labute approximate surface area is 105 Å². The lowest BCUT2D eigenvalue weighted by Gasteiger charge is -2.29. The summed E-state index contributed by atoms with van der Waals surface area (Å²) >= 11 is 1.48. The molecular formula is C12H17FN2OS. The van der Waals surface area contributed by atoms with E-state index in [2.05, 4.69) is 11.9 Å². The van der Waals surface area contributed by atoms with Gasteiger partial charge >= 0.3 is 0 Å². The highest BCUT2D eigenvalue weighted by Crippen LogP contribution is 2.25. The van der Waals surface area contributed by atoms with Crippen molar-refractivity contribution in [3.8, 4) is 0 Å². The fourth-order valence-electron chi connectivity index (χ4n) is 1.78. The van der Waals surface area contributed by atoms with Crippen LogP contribution in [0.5, 0.6) is 0 Å². The van der Waals surface area contributed by atoms with E-state index in [1.165, 1.54) is 17.8 Å². The highest BCUT2D eigenvalue weighted by molar-refractivity contribution is 7.99. The molecular weight excluding hydrogens is 239 g/mol. The molecule has 0 saturated carbocycles. The molecule has 0 amide bonds. The Morgan fingerprint density at radius 3 is 3.12 bits per heavy atom. The van der Waals surface area contributed by atoms with Gasteiger partial charge in [0.05, 0.1) is 12.7 Å². The minimum Gasteiger partial charge on any atom is -0.399 e. The Morgan fingerprint density at radius 2 is 2.41 bits per heavy atom. The van der Waals surface area contributed by atoms with Crippen LogP contribution < -0.4 is 5.73 Å². The molecule has 1 saturated heterocycles. The van der Waals surface area contributed by atoms with Crippen molar-refractivity contribution in [1.29, 1.82) is 0 Å². The zero-order chi connectivity index (χ0) is 12.3. The number of anilines is 1. The van der Waals surface area contributed by atoms with Crippen molar-refractivity contribution in [2.45, 2.75) is 11.0 Å². The predicted octanol–water partition coefficient (Wildman–Crippen LogP) is 1.83. The van der Waals surface area contributed by atoms with E-state index in [9.17, 15) is 4.39 Å². The number of benzene rings is 1. The molecule has 3 nitrogen and oxygen atoms in total. The molecule has 1 aliphatic rings. The summed E-state index contributed by atoms with van der Waals surface area (Å²) in [6.45, 7) is 2.63. The zero-order valence-electron chi connectivity index (χ0n) is 9.86. The van der Waals surface area contributed by atoms with Crippen LogP contribution in [0.2, 0.25) is 0 Å². The van der Waals surface area contributed by atoms with Crippen molar-refractivity contribution in [3.05, 3.63) is 24.0 Å². The number of nitrogens with two attached hydrogens (primary N) is 1.